The minimum atomic E-state index is -5.61. The van der Waals surface area contributed by atoms with Crippen molar-refractivity contribution in [2.75, 3.05) is 5.32 Å². The molecule has 40 heavy (non-hydrogen) atoms. The Morgan fingerprint density at radius 1 is 1.07 bits per heavy atom. The molecule has 0 aromatic heterocycles. The van der Waals surface area contributed by atoms with Crippen molar-refractivity contribution in [1.82, 2.24) is 9.44 Å². The zero-order chi connectivity index (χ0) is 30.3. The molecule has 19 heteroatoms. The van der Waals surface area contributed by atoms with Crippen molar-refractivity contribution < 1.29 is 59.7 Å². The largest absolute Gasteiger partial charge is 0.491 e. The number of ether oxygens (including phenoxy) is 2. The highest BCUT2D eigenvalue weighted by Crippen LogP contribution is 2.21. The lowest BCUT2D eigenvalue weighted by molar-refractivity contribution is -0.202. The number of benzene rings is 2. The lowest BCUT2D eigenvalue weighted by atomic mass is 10.2. The molecule has 0 saturated carbocycles. The number of nitrogens with two attached hydrogens (primary N) is 1. The molecular weight excluding hydrogens is 574 g/mol. The summed E-state index contributed by atoms with van der Waals surface area (Å²) >= 11 is 0. The van der Waals surface area contributed by atoms with Gasteiger partial charge in [-0.3, -0.25) is 10.2 Å². The second kappa shape index (κ2) is 13.0. The summed E-state index contributed by atoms with van der Waals surface area (Å²) in [6.07, 6.45) is -6.99. The van der Waals surface area contributed by atoms with Gasteiger partial charge in [0.2, 0.25) is 0 Å². The molecule has 0 unspecified atom stereocenters. The van der Waals surface area contributed by atoms with Gasteiger partial charge in [-0.25, -0.2) is 18.8 Å². The van der Waals surface area contributed by atoms with Crippen molar-refractivity contribution in [2.45, 2.75) is 25.2 Å². The topological polar surface area (TPSA) is 227 Å². The Bertz CT molecular complexity index is 1420. The fraction of sp³-hybridized carbons (Fsp3) is 0.190. The van der Waals surface area contributed by atoms with Crippen LogP contribution in [0.5, 0.6) is 5.75 Å². The number of hydrogen-bond donors (Lipinski definition) is 6. The molecule has 2 aromatic rings. The highest BCUT2D eigenvalue weighted by Gasteiger charge is 2.44. The van der Waals surface area contributed by atoms with Gasteiger partial charge in [0.05, 0.1) is 12.0 Å². The van der Waals surface area contributed by atoms with Crippen molar-refractivity contribution in [3.05, 3.63) is 59.4 Å². The number of carboxylic acids is 1. The fourth-order valence-electron chi connectivity index (χ4n) is 2.72. The number of esters is 3. The zero-order valence-electron chi connectivity index (χ0n) is 19.7. The van der Waals surface area contributed by atoms with E-state index < -0.39 is 70.8 Å². The van der Waals surface area contributed by atoms with Crippen LogP contribution in [0.25, 0.3) is 0 Å². The van der Waals surface area contributed by atoms with Crippen molar-refractivity contribution in [2.24, 2.45) is 5.73 Å². The zero-order valence-corrected chi connectivity index (χ0v) is 20.6. The predicted molar refractivity (Wildman–Crippen MR) is 125 cm³/mol. The molecule has 14 nitrogen and oxygen atoms in total. The van der Waals surface area contributed by atoms with E-state index in [-0.39, 0.29) is 17.1 Å². The first kappa shape index (κ1) is 31.6. The number of hydrogen-bond acceptors (Lipinski definition) is 9. The van der Waals surface area contributed by atoms with Crippen molar-refractivity contribution in [1.29, 1.82) is 5.41 Å². The van der Waals surface area contributed by atoms with Crippen molar-refractivity contribution >= 4 is 45.7 Å². The molecule has 0 aliphatic rings. The molecule has 0 aliphatic heterocycles. The van der Waals surface area contributed by atoms with E-state index in [0.717, 1.165) is 18.2 Å². The number of anilines is 1. The molecule has 0 bridgehead atoms. The summed E-state index contributed by atoms with van der Waals surface area (Å²) in [5, 5.41) is 18.4. The normalized spacial score (nSPS) is 12.2. The van der Waals surface area contributed by atoms with Crippen molar-refractivity contribution in [3.63, 3.8) is 0 Å². The molecule has 0 saturated heterocycles. The number of aliphatic carboxylic acids is 1. The number of nitrogens with one attached hydrogen (secondary N) is 4. The van der Waals surface area contributed by atoms with Gasteiger partial charge in [-0.1, -0.05) is 6.07 Å². The van der Waals surface area contributed by atoms with Gasteiger partial charge in [0.25, 0.3) is 10.2 Å². The smallest absolute Gasteiger partial charge is 0.481 e. The van der Waals surface area contributed by atoms with E-state index in [1.807, 2.05) is 0 Å². The Morgan fingerprint density at radius 3 is 2.23 bits per heavy atom. The molecule has 0 spiro atoms. The van der Waals surface area contributed by atoms with Gasteiger partial charge in [-0.05, 0) is 42.0 Å². The molecule has 216 valence electrons. The van der Waals surface area contributed by atoms with Crippen molar-refractivity contribution in [3.8, 4) is 5.75 Å². The Labute approximate surface area is 222 Å². The van der Waals surface area contributed by atoms with E-state index in [0.29, 0.717) is 5.69 Å². The van der Waals surface area contributed by atoms with Crippen LogP contribution in [0.3, 0.4) is 0 Å². The summed E-state index contributed by atoms with van der Waals surface area (Å²) in [6, 6.07) is 5.92. The van der Waals surface area contributed by atoms with E-state index >= 15 is 0 Å². The van der Waals surface area contributed by atoms with Crippen LogP contribution in [-0.2, 0) is 35.9 Å². The van der Waals surface area contributed by atoms with E-state index in [4.69, 9.17) is 21.0 Å². The lowest BCUT2D eigenvalue weighted by Gasteiger charge is -2.16. The highest BCUT2D eigenvalue weighted by molar-refractivity contribution is 7.87. The van der Waals surface area contributed by atoms with Crippen LogP contribution in [-0.4, -0.2) is 55.6 Å². The second-order valence-corrected chi connectivity index (χ2v) is 9.10. The number of alkyl halides is 3. The molecule has 0 amide bonds. The monoisotopic (exact) mass is 593 g/mol. The summed E-state index contributed by atoms with van der Waals surface area (Å²) in [5.41, 5.74) is 5.54. The van der Waals surface area contributed by atoms with Gasteiger partial charge in [-0.2, -0.15) is 31.0 Å². The maximum Gasteiger partial charge on any atom is 0.491 e. The Morgan fingerprint density at radius 2 is 1.70 bits per heavy atom. The minimum absolute atomic E-state index is 0.0165. The Kier molecular flexibility index (Phi) is 10.2. The molecular formula is C21H19F4N5O9S. The van der Waals surface area contributed by atoms with Crippen LogP contribution in [0.2, 0.25) is 0 Å². The SMILES string of the molecule is N=C(N)Nc1ccc(C(=O)Oc2ccc(CNS(=O)(=O)N[C@@H](CC(=O)O)C(=O)OC(=O)C(F)(F)F)cc2F)cc1. The summed E-state index contributed by atoms with van der Waals surface area (Å²) < 4.78 is 87.4. The van der Waals surface area contributed by atoms with Crippen LogP contribution >= 0.6 is 0 Å². The number of rotatable bonds is 11. The van der Waals surface area contributed by atoms with E-state index in [2.05, 4.69) is 10.1 Å². The van der Waals surface area contributed by atoms with E-state index in [1.165, 1.54) is 29.0 Å². The Hall–Kier alpha value is -4.62. The van der Waals surface area contributed by atoms with E-state index in [1.54, 1.807) is 4.72 Å². The third kappa shape index (κ3) is 9.93. The molecule has 0 heterocycles. The second-order valence-electron chi connectivity index (χ2n) is 7.57. The third-order valence-corrected chi connectivity index (χ3v) is 5.57. The van der Waals surface area contributed by atoms with Gasteiger partial charge in [-0.15, -0.1) is 0 Å². The highest BCUT2D eigenvalue weighted by atomic mass is 32.2. The average Bonchev–Trinajstić information content (AvgIpc) is 2.83. The van der Waals surface area contributed by atoms with Gasteiger partial charge in [0.1, 0.15) is 6.04 Å². The first-order valence-corrected chi connectivity index (χ1v) is 12.0. The maximum atomic E-state index is 14.5. The molecule has 0 aliphatic carbocycles. The number of carbonyl (C=O) groups excluding carboxylic acids is 3. The summed E-state index contributed by atoms with van der Waals surface area (Å²) in [4.78, 5) is 45.7. The van der Waals surface area contributed by atoms with Gasteiger partial charge >= 0.3 is 30.1 Å². The molecule has 7 N–H and O–H groups in total. The minimum Gasteiger partial charge on any atom is -0.481 e. The lowest BCUT2D eigenvalue weighted by Crippen LogP contribution is -2.48. The Balaban J connectivity index is 2.03. The van der Waals surface area contributed by atoms with Gasteiger partial charge in [0.15, 0.2) is 17.5 Å². The van der Waals surface area contributed by atoms with Crippen LogP contribution in [0.1, 0.15) is 22.3 Å². The van der Waals surface area contributed by atoms with Crippen LogP contribution in [0.15, 0.2) is 42.5 Å². The number of halogens is 4. The molecule has 2 aromatic carbocycles. The quantitative estimate of drug-likeness (QED) is 0.0532. The molecule has 0 fully saturated rings. The van der Waals surface area contributed by atoms with Crippen LogP contribution in [0, 0.1) is 11.2 Å². The van der Waals surface area contributed by atoms with Gasteiger partial charge in [0, 0.05) is 12.2 Å². The first-order valence-electron chi connectivity index (χ1n) is 10.5. The maximum absolute atomic E-state index is 14.5. The fourth-order valence-corrected chi connectivity index (χ4v) is 3.71. The number of carbonyl (C=O) groups is 4. The first-order chi connectivity index (χ1) is 18.5. The predicted octanol–water partition coefficient (Wildman–Crippen LogP) is 0.750. The van der Waals surface area contributed by atoms with E-state index in [9.17, 15) is 45.2 Å². The standard InChI is InChI=1S/C21H19F4N5O9S/c22-13-7-10(1-6-15(13)38-17(33)11-2-4-12(5-3-11)29-20(26)27)9-28-40(36,37)30-14(8-16(31)32)18(34)39-19(35)21(23,24)25/h1-7,14,28,30H,8-9H2,(H,31,32)(H4,26,27,29)/t14-/m0/s1. The average molecular weight is 593 g/mol. The molecule has 2 rings (SSSR count). The van der Waals surface area contributed by atoms with Gasteiger partial charge < -0.3 is 25.6 Å². The van der Waals surface area contributed by atoms with Crippen LogP contribution < -0.4 is 25.2 Å². The number of carboxylic acid groups (broad SMARTS) is 1. The summed E-state index contributed by atoms with van der Waals surface area (Å²) in [7, 11) is -4.82. The summed E-state index contributed by atoms with van der Waals surface area (Å²) in [6.45, 7) is -0.679. The summed E-state index contributed by atoms with van der Waals surface area (Å²) in [5.74, 6) is -9.85. The number of guanidine groups is 1. The van der Waals surface area contributed by atoms with Crippen LogP contribution in [0.4, 0.5) is 23.2 Å². The molecule has 1 atom stereocenters. The third-order valence-electron chi connectivity index (χ3n) is 4.45. The molecule has 0 radical (unpaired) electrons.